The first kappa shape index (κ1) is 26.8. The number of carbonyl (C=O) groups is 2. The number of Topliss-reactive ketones (excluding diaryl/α,β-unsaturated/α-hetero) is 1. The van der Waals surface area contributed by atoms with Gasteiger partial charge in [0.05, 0.1) is 30.4 Å². The SMILES string of the molecule is CCCOC(=O)C1=C(C)NC2=C(C(=O)C[C@@H](c3ccc(OC)cc3)C2)[C@@H]1c1cc(Br)c(O)c(OCC)c1. The number of rotatable bonds is 8. The number of methoxy groups -OCH3 is 1. The van der Waals surface area contributed by atoms with Crippen molar-refractivity contribution in [2.24, 2.45) is 0 Å². The Kier molecular flexibility index (Phi) is 8.27. The minimum Gasteiger partial charge on any atom is -0.503 e. The minimum absolute atomic E-state index is 0.00256. The van der Waals surface area contributed by atoms with Crippen molar-refractivity contribution < 1.29 is 28.9 Å². The molecular formula is C29H32BrNO6. The lowest BCUT2D eigenvalue weighted by atomic mass is 9.71. The topological polar surface area (TPSA) is 94.1 Å². The fraction of sp³-hybridized carbons (Fsp3) is 0.379. The molecule has 0 radical (unpaired) electrons. The number of nitrogens with one attached hydrogen (secondary N) is 1. The summed E-state index contributed by atoms with van der Waals surface area (Å²) >= 11 is 3.41. The summed E-state index contributed by atoms with van der Waals surface area (Å²) in [6, 6.07) is 11.2. The van der Waals surface area contributed by atoms with Gasteiger partial charge >= 0.3 is 5.97 Å². The standard InChI is InChI=1S/C29H32BrNO6/c1-5-11-37-29(34)25-16(3)31-22-13-18(17-7-9-20(35-4)10-8-17)14-23(32)27(22)26(25)19-12-21(30)28(33)24(15-19)36-6-2/h7-10,12,15,18,26,31,33H,5-6,11,13-14H2,1-4H3/t18-,26+/m0/s1. The Bertz CT molecular complexity index is 1260. The number of aromatic hydroxyl groups is 1. The number of ether oxygens (including phenoxy) is 3. The number of phenolic OH excluding ortho intramolecular Hbond substituents is 1. The van der Waals surface area contributed by atoms with E-state index in [-0.39, 0.29) is 29.8 Å². The number of phenols is 1. The largest absolute Gasteiger partial charge is 0.503 e. The van der Waals surface area contributed by atoms with Gasteiger partial charge in [-0.15, -0.1) is 0 Å². The van der Waals surface area contributed by atoms with E-state index >= 15 is 0 Å². The number of ketones is 1. The summed E-state index contributed by atoms with van der Waals surface area (Å²) in [7, 11) is 1.62. The van der Waals surface area contributed by atoms with Gasteiger partial charge in [0, 0.05) is 29.3 Å². The number of carbonyl (C=O) groups excluding carboxylic acids is 2. The van der Waals surface area contributed by atoms with Crippen molar-refractivity contribution in [2.45, 2.75) is 51.9 Å². The highest BCUT2D eigenvalue weighted by atomic mass is 79.9. The van der Waals surface area contributed by atoms with E-state index in [1.165, 1.54) is 0 Å². The quantitative estimate of drug-likeness (QED) is 0.383. The monoisotopic (exact) mass is 569 g/mol. The number of hydrogen-bond donors (Lipinski definition) is 2. The van der Waals surface area contributed by atoms with Gasteiger partial charge in [0.2, 0.25) is 0 Å². The number of esters is 1. The minimum atomic E-state index is -0.652. The molecular weight excluding hydrogens is 538 g/mol. The highest BCUT2D eigenvalue weighted by Crippen LogP contribution is 2.48. The van der Waals surface area contributed by atoms with Crippen LogP contribution in [0.25, 0.3) is 0 Å². The highest BCUT2D eigenvalue weighted by Gasteiger charge is 2.42. The van der Waals surface area contributed by atoms with E-state index < -0.39 is 11.9 Å². The second-order valence-electron chi connectivity index (χ2n) is 9.21. The molecule has 0 aromatic heterocycles. The van der Waals surface area contributed by atoms with Crippen molar-refractivity contribution >= 4 is 27.7 Å². The van der Waals surface area contributed by atoms with Gasteiger partial charge in [0.1, 0.15) is 5.75 Å². The van der Waals surface area contributed by atoms with Crippen LogP contribution in [0.15, 0.2) is 63.4 Å². The van der Waals surface area contributed by atoms with Crippen LogP contribution < -0.4 is 14.8 Å². The zero-order chi connectivity index (χ0) is 26.7. The Morgan fingerprint density at radius 3 is 2.51 bits per heavy atom. The Balaban J connectivity index is 1.81. The van der Waals surface area contributed by atoms with Gasteiger partial charge < -0.3 is 24.6 Å². The molecule has 0 bridgehead atoms. The number of dihydropyridines is 1. The molecule has 2 aromatic carbocycles. The first-order chi connectivity index (χ1) is 17.8. The number of benzene rings is 2. The van der Waals surface area contributed by atoms with Gasteiger partial charge in [0.25, 0.3) is 0 Å². The Morgan fingerprint density at radius 2 is 1.86 bits per heavy atom. The van der Waals surface area contributed by atoms with Crippen molar-refractivity contribution in [1.82, 2.24) is 5.32 Å². The molecule has 2 atom stereocenters. The first-order valence-corrected chi connectivity index (χ1v) is 13.3. The average molecular weight is 570 g/mol. The molecule has 4 rings (SSSR count). The molecule has 7 nitrogen and oxygen atoms in total. The molecule has 1 aliphatic carbocycles. The molecule has 0 saturated heterocycles. The predicted octanol–water partition coefficient (Wildman–Crippen LogP) is 5.88. The third kappa shape index (κ3) is 5.39. The average Bonchev–Trinajstić information content (AvgIpc) is 2.89. The zero-order valence-corrected chi connectivity index (χ0v) is 23.1. The third-order valence-corrected chi connectivity index (χ3v) is 7.36. The maximum Gasteiger partial charge on any atom is 0.336 e. The third-order valence-electron chi connectivity index (χ3n) is 6.76. The molecule has 0 fully saturated rings. The lowest BCUT2D eigenvalue weighted by molar-refractivity contribution is -0.139. The van der Waals surface area contributed by atoms with Crippen LogP contribution in [-0.4, -0.2) is 37.2 Å². The lowest BCUT2D eigenvalue weighted by Crippen LogP contribution is -2.36. The van der Waals surface area contributed by atoms with E-state index in [0.29, 0.717) is 52.7 Å². The lowest BCUT2D eigenvalue weighted by Gasteiger charge is -2.37. The van der Waals surface area contributed by atoms with Crippen LogP contribution in [0.2, 0.25) is 0 Å². The molecule has 1 aliphatic heterocycles. The van der Waals surface area contributed by atoms with E-state index in [1.807, 2.05) is 45.0 Å². The summed E-state index contributed by atoms with van der Waals surface area (Å²) in [4.78, 5) is 27.1. The van der Waals surface area contributed by atoms with Gasteiger partial charge in [-0.3, -0.25) is 4.79 Å². The molecule has 1 heterocycles. The molecule has 8 heteroatoms. The van der Waals surface area contributed by atoms with Crippen LogP contribution in [-0.2, 0) is 14.3 Å². The van der Waals surface area contributed by atoms with Crippen molar-refractivity contribution in [3.63, 3.8) is 0 Å². The number of hydrogen-bond acceptors (Lipinski definition) is 7. The molecule has 2 aromatic rings. The van der Waals surface area contributed by atoms with Crippen LogP contribution in [0.5, 0.6) is 17.2 Å². The molecule has 0 spiro atoms. The molecule has 2 N–H and O–H groups in total. The summed E-state index contributed by atoms with van der Waals surface area (Å²) in [5.74, 6) is -0.132. The predicted molar refractivity (Wildman–Crippen MR) is 144 cm³/mol. The summed E-state index contributed by atoms with van der Waals surface area (Å²) in [6.45, 7) is 6.23. The second kappa shape index (κ2) is 11.4. The summed E-state index contributed by atoms with van der Waals surface area (Å²) in [5, 5.41) is 13.9. The summed E-state index contributed by atoms with van der Waals surface area (Å²) in [5.41, 5.74) is 4.12. The molecule has 37 heavy (non-hydrogen) atoms. The fourth-order valence-corrected chi connectivity index (χ4v) is 5.51. The maximum absolute atomic E-state index is 13.8. The van der Waals surface area contributed by atoms with Gasteiger partial charge in [-0.05, 0) is 83.9 Å². The second-order valence-corrected chi connectivity index (χ2v) is 10.1. The van der Waals surface area contributed by atoms with E-state index in [0.717, 1.165) is 17.0 Å². The van der Waals surface area contributed by atoms with E-state index in [1.54, 1.807) is 19.2 Å². The summed E-state index contributed by atoms with van der Waals surface area (Å²) < 4.78 is 16.9. The van der Waals surface area contributed by atoms with Gasteiger partial charge in [-0.1, -0.05) is 19.1 Å². The fourth-order valence-electron chi connectivity index (χ4n) is 5.05. The zero-order valence-electron chi connectivity index (χ0n) is 21.5. The van der Waals surface area contributed by atoms with Gasteiger partial charge in [0.15, 0.2) is 17.3 Å². The molecule has 196 valence electrons. The van der Waals surface area contributed by atoms with Crippen LogP contribution in [0.4, 0.5) is 0 Å². The van der Waals surface area contributed by atoms with Gasteiger partial charge in [-0.2, -0.15) is 0 Å². The normalized spacial score (nSPS) is 19.3. The Hall–Kier alpha value is -3.26. The van der Waals surface area contributed by atoms with E-state index in [4.69, 9.17) is 14.2 Å². The van der Waals surface area contributed by atoms with Crippen LogP contribution in [0.3, 0.4) is 0 Å². The Morgan fingerprint density at radius 1 is 1.14 bits per heavy atom. The number of allylic oxidation sites excluding steroid dienone is 3. The van der Waals surface area contributed by atoms with Crippen molar-refractivity contribution in [1.29, 1.82) is 0 Å². The molecule has 0 amide bonds. The maximum atomic E-state index is 13.8. The summed E-state index contributed by atoms with van der Waals surface area (Å²) in [6.07, 6.45) is 1.62. The van der Waals surface area contributed by atoms with Crippen LogP contribution in [0.1, 0.15) is 63.0 Å². The van der Waals surface area contributed by atoms with E-state index in [2.05, 4.69) is 21.2 Å². The Labute approximate surface area is 225 Å². The number of halogens is 1. The van der Waals surface area contributed by atoms with Crippen LogP contribution in [0, 0.1) is 0 Å². The molecule has 0 unspecified atom stereocenters. The van der Waals surface area contributed by atoms with Gasteiger partial charge in [-0.25, -0.2) is 4.79 Å². The molecule has 2 aliphatic rings. The van der Waals surface area contributed by atoms with Crippen LogP contribution >= 0.6 is 15.9 Å². The van der Waals surface area contributed by atoms with Crippen molar-refractivity contribution in [2.75, 3.05) is 20.3 Å². The van der Waals surface area contributed by atoms with Crippen molar-refractivity contribution in [3.05, 3.63) is 74.5 Å². The van der Waals surface area contributed by atoms with Crippen molar-refractivity contribution in [3.8, 4) is 17.2 Å². The highest BCUT2D eigenvalue weighted by molar-refractivity contribution is 9.10. The smallest absolute Gasteiger partial charge is 0.336 e. The van der Waals surface area contributed by atoms with E-state index in [9.17, 15) is 14.7 Å². The molecule has 0 saturated carbocycles. The first-order valence-electron chi connectivity index (χ1n) is 12.5.